The molecule has 32 heavy (non-hydrogen) atoms. The summed E-state index contributed by atoms with van der Waals surface area (Å²) in [6, 6.07) is 17.6. The molecule has 0 unspecified atom stereocenters. The van der Waals surface area contributed by atoms with Crippen molar-refractivity contribution in [2.45, 2.75) is 6.42 Å². The molecular formula is C26H26O6. The van der Waals surface area contributed by atoms with Crippen LogP contribution in [0.1, 0.15) is 11.1 Å². The van der Waals surface area contributed by atoms with Crippen LogP contribution in [0.25, 0.3) is 22.3 Å². The van der Waals surface area contributed by atoms with Crippen molar-refractivity contribution in [3.63, 3.8) is 0 Å². The first-order chi connectivity index (χ1) is 15.6. The number of ether oxygens (including phenoxy) is 5. The normalized spacial score (nSPS) is 10.8. The van der Waals surface area contributed by atoms with E-state index in [1.165, 1.54) is 0 Å². The summed E-state index contributed by atoms with van der Waals surface area (Å²) in [5, 5.41) is 1.02. The third kappa shape index (κ3) is 3.91. The molecule has 4 aromatic rings. The van der Waals surface area contributed by atoms with Crippen molar-refractivity contribution in [1.29, 1.82) is 0 Å². The molecule has 3 aromatic carbocycles. The van der Waals surface area contributed by atoms with Crippen molar-refractivity contribution in [3.05, 3.63) is 65.7 Å². The average molecular weight is 434 g/mol. The average Bonchev–Trinajstić information content (AvgIpc) is 3.20. The lowest BCUT2D eigenvalue weighted by Gasteiger charge is -2.14. The molecule has 6 heteroatoms. The molecule has 0 radical (unpaired) electrons. The predicted octanol–water partition coefficient (Wildman–Crippen LogP) is 5.73. The minimum atomic E-state index is 0.566. The van der Waals surface area contributed by atoms with Gasteiger partial charge in [0, 0.05) is 29.0 Å². The van der Waals surface area contributed by atoms with E-state index in [2.05, 4.69) is 0 Å². The molecule has 166 valence electrons. The first kappa shape index (κ1) is 21.4. The first-order valence-electron chi connectivity index (χ1n) is 10.1. The second kappa shape index (κ2) is 9.14. The Hall–Kier alpha value is -3.80. The molecule has 1 aromatic heterocycles. The van der Waals surface area contributed by atoms with Crippen molar-refractivity contribution in [2.24, 2.45) is 0 Å². The first-order valence-corrected chi connectivity index (χ1v) is 10.1. The van der Waals surface area contributed by atoms with E-state index >= 15 is 0 Å². The Bertz CT molecular complexity index is 1200. The summed E-state index contributed by atoms with van der Waals surface area (Å²) in [4.78, 5) is 0. The molecule has 1 heterocycles. The standard InChI is InChI=1S/C26H26O6/c1-27-18-8-6-17(7-9-18)25-21(20-11-10-19(28-2)15-22(20)32-25)12-16-13-23(29-3)26(31-5)24(14-16)30-4/h6-11,13-15H,12H2,1-5H3. The summed E-state index contributed by atoms with van der Waals surface area (Å²) >= 11 is 0. The highest BCUT2D eigenvalue weighted by Crippen LogP contribution is 2.41. The van der Waals surface area contributed by atoms with Gasteiger partial charge in [0.15, 0.2) is 11.5 Å². The van der Waals surface area contributed by atoms with E-state index < -0.39 is 0 Å². The van der Waals surface area contributed by atoms with Gasteiger partial charge in [0.1, 0.15) is 22.8 Å². The maximum atomic E-state index is 6.32. The van der Waals surface area contributed by atoms with Gasteiger partial charge in [-0.25, -0.2) is 0 Å². The number of rotatable bonds is 8. The molecule has 0 amide bonds. The highest BCUT2D eigenvalue weighted by atomic mass is 16.5. The molecule has 0 saturated carbocycles. The van der Waals surface area contributed by atoms with Crippen LogP contribution in [0, 0.1) is 0 Å². The summed E-state index contributed by atoms with van der Waals surface area (Å²) in [7, 11) is 8.12. The molecule has 0 fully saturated rings. The molecule has 0 N–H and O–H groups in total. The molecule has 0 aliphatic rings. The molecule has 0 aliphatic heterocycles. The molecule has 0 atom stereocenters. The second-order valence-corrected chi connectivity index (χ2v) is 7.21. The quantitative estimate of drug-likeness (QED) is 0.353. The summed E-state index contributed by atoms with van der Waals surface area (Å²) in [5.74, 6) is 4.12. The summed E-state index contributed by atoms with van der Waals surface area (Å²) in [6.07, 6.45) is 0.609. The largest absolute Gasteiger partial charge is 0.497 e. The third-order valence-corrected chi connectivity index (χ3v) is 5.46. The van der Waals surface area contributed by atoms with Gasteiger partial charge in [-0.3, -0.25) is 0 Å². The monoisotopic (exact) mass is 434 g/mol. The fraction of sp³-hybridized carbons (Fsp3) is 0.231. The van der Waals surface area contributed by atoms with Crippen LogP contribution in [0.4, 0.5) is 0 Å². The van der Waals surface area contributed by atoms with Crippen LogP contribution in [-0.2, 0) is 6.42 Å². The van der Waals surface area contributed by atoms with Crippen LogP contribution in [-0.4, -0.2) is 35.5 Å². The van der Waals surface area contributed by atoms with Crippen LogP contribution in [0.3, 0.4) is 0 Å². The summed E-state index contributed by atoms with van der Waals surface area (Å²) in [6.45, 7) is 0. The van der Waals surface area contributed by atoms with Crippen LogP contribution in [0.5, 0.6) is 28.7 Å². The minimum Gasteiger partial charge on any atom is -0.497 e. The van der Waals surface area contributed by atoms with Crippen molar-refractivity contribution in [1.82, 2.24) is 0 Å². The molecule has 0 saturated heterocycles. The van der Waals surface area contributed by atoms with Crippen LogP contribution in [0.2, 0.25) is 0 Å². The number of furan rings is 1. The lowest BCUT2D eigenvalue weighted by Crippen LogP contribution is -1.98. The van der Waals surface area contributed by atoms with Gasteiger partial charge in [-0.2, -0.15) is 0 Å². The molecular weight excluding hydrogens is 408 g/mol. The predicted molar refractivity (Wildman–Crippen MR) is 124 cm³/mol. The van der Waals surface area contributed by atoms with Crippen LogP contribution >= 0.6 is 0 Å². The van der Waals surface area contributed by atoms with E-state index in [9.17, 15) is 0 Å². The zero-order valence-electron chi connectivity index (χ0n) is 18.9. The van der Waals surface area contributed by atoms with E-state index in [1.54, 1.807) is 35.5 Å². The van der Waals surface area contributed by atoms with Gasteiger partial charge in [-0.1, -0.05) is 0 Å². The lowest BCUT2D eigenvalue weighted by atomic mass is 9.98. The highest BCUT2D eigenvalue weighted by Gasteiger charge is 2.20. The van der Waals surface area contributed by atoms with E-state index in [-0.39, 0.29) is 0 Å². The van der Waals surface area contributed by atoms with E-state index in [1.807, 2.05) is 54.6 Å². The van der Waals surface area contributed by atoms with Gasteiger partial charge < -0.3 is 28.1 Å². The van der Waals surface area contributed by atoms with Crippen molar-refractivity contribution < 1.29 is 28.1 Å². The van der Waals surface area contributed by atoms with Gasteiger partial charge in [0.2, 0.25) is 5.75 Å². The Morgan fingerprint density at radius 1 is 0.656 bits per heavy atom. The highest BCUT2D eigenvalue weighted by molar-refractivity contribution is 5.89. The number of methoxy groups -OCH3 is 5. The molecule has 0 spiro atoms. The zero-order chi connectivity index (χ0) is 22.7. The number of fused-ring (bicyclic) bond motifs is 1. The van der Waals surface area contributed by atoms with E-state index in [0.717, 1.165) is 44.9 Å². The third-order valence-electron chi connectivity index (χ3n) is 5.46. The van der Waals surface area contributed by atoms with E-state index in [4.69, 9.17) is 28.1 Å². The number of hydrogen-bond donors (Lipinski definition) is 0. The van der Waals surface area contributed by atoms with Crippen molar-refractivity contribution >= 4 is 11.0 Å². The van der Waals surface area contributed by atoms with Gasteiger partial charge in [0.25, 0.3) is 0 Å². The minimum absolute atomic E-state index is 0.566. The SMILES string of the molecule is COc1ccc(-c2oc3cc(OC)ccc3c2Cc2cc(OC)c(OC)c(OC)c2)cc1. The van der Waals surface area contributed by atoms with Gasteiger partial charge in [-0.05, 0) is 54.1 Å². The lowest BCUT2D eigenvalue weighted by molar-refractivity contribution is 0.324. The summed E-state index contributed by atoms with van der Waals surface area (Å²) < 4.78 is 33.6. The zero-order valence-corrected chi connectivity index (χ0v) is 18.9. The van der Waals surface area contributed by atoms with Gasteiger partial charge in [0.05, 0.1) is 35.5 Å². The number of hydrogen-bond acceptors (Lipinski definition) is 6. The fourth-order valence-corrected chi connectivity index (χ4v) is 3.85. The summed E-state index contributed by atoms with van der Waals surface area (Å²) in [5.41, 5.74) is 3.79. The molecule has 4 rings (SSSR count). The van der Waals surface area contributed by atoms with Crippen molar-refractivity contribution in [2.75, 3.05) is 35.5 Å². The van der Waals surface area contributed by atoms with Gasteiger partial charge in [-0.15, -0.1) is 0 Å². The number of benzene rings is 3. The molecule has 0 bridgehead atoms. The Balaban J connectivity index is 1.87. The Morgan fingerprint density at radius 2 is 1.28 bits per heavy atom. The van der Waals surface area contributed by atoms with Crippen molar-refractivity contribution in [3.8, 4) is 40.1 Å². The Morgan fingerprint density at radius 3 is 1.84 bits per heavy atom. The molecule has 0 aliphatic carbocycles. The second-order valence-electron chi connectivity index (χ2n) is 7.21. The fourth-order valence-electron chi connectivity index (χ4n) is 3.85. The van der Waals surface area contributed by atoms with Crippen LogP contribution in [0.15, 0.2) is 59.0 Å². The Labute approximate surface area is 187 Å². The topological polar surface area (TPSA) is 59.3 Å². The maximum absolute atomic E-state index is 6.32. The van der Waals surface area contributed by atoms with E-state index in [0.29, 0.717) is 23.7 Å². The smallest absolute Gasteiger partial charge is 0.203 e. The Kier molecular flexibility index (Phi) is 6.12. The molecule has 6 nitrogen and oxygen atoms in total. The van der Waals surface area contributed by atoms with Gasteiger partial charge >= 0.3 is 0 Å². The maximum Gasteiger partial charge on any atom is 0.203 e. The van der Waals surface area contributed by atoms with Crippen LogP contribution < -0.4 is 23.7 Å².